The number of hydrogen-bond donors (Lipinski definition) is 1. The highest BCUT2D eigenvalue weighted by molar-refractivity contribution is 5.69. The van der Waals surface area contributed by atoms with E-state index in [2.05, 4.69) is 18.9 Å². The molecule has 88 valence electrons. The van der Waals surface area contributed by atoms with E-state index in [9.17, 15) is 4.79 Å². The SMILES string of the molecule is CC(C)n1cc(C2(CC(=O)O)CCC2)cn1. The fourth-order valence-corrected chi connectivity index (χ4v) is 2.35. The number of hydrogen-bond acceptors (Lipinski definition) is 2. The fourth-order valence-electron chi connectivity index (χ4n) is 2.35. The second-order valence-electron chi connectivity index (χ2n) is 5.01. The summed E-state index contributed by atoms with van der Waals surface area (Å²) in [7, 11) is 0. The van der Waals surface area contributed by atoms with Gasteiger partial charge in [0.1, 0.15) is 0 Å². The van der Waals surface area contributed by atoms with Crippen LogP contribution >= 0.6 is 0 Å². The highest BCUT2D eigenvalue weighted by Gasteiger charge is 2.41. The van der Waals surface area contributed by atoms with E-state index in [1.54, 1.807) is 0 Å². The average molecular weight is 222 g/mol. The van der Waals surface area contributed by atoms with Gasteiger partial charge in [0.15, 0.2) is 0 Å². The number of nitrogens with zero attached hydrogens (tertiary/aromatic N) is 2. The van der Waals surface area contributed by atoms with Crippen molar-refractivity contribution < 1.29 is 9.90 Å². The molecule has 1 fully saturated rings. The number of rotatable bonds is 4. The molecule has 16 heavy (non-hydrogen) atoms. The lowest BCUT2D eigenvalue weighted by molar-refractivity contribution is -0.139. The van der Waals surface area contributed by atoms with Gasteiger partial charge < -0.3 is 5.11 Å². The van der Waals surface area contributed by atoms with Gasteiger partial charge in [-0.1, -0.05) is 6.42 Å². The lowest BCUT2D eigenvalue weighted by Gasteiger charge is -2.40. The van der Waals surface area contributed by atoms with Gasteiger partial charge in [-0.3, -0.25) is 9.48 Å². The maximum Gasteiger partial charge on any atom is 0.304 e. The van der Waals surface area contributed by atoms with Crippen LogP contribution in [0.3, 0.4) is 0 Å². The van der Waals surface area contributed by atoms with Gasteiger partial charge in [0.2, 0.25) is 0 Å². The molecule has 1 aromatic heterocycles. The largest absolute Gasteiger partial charge is 0.481 e. The van der Waals surface area contributed by atoms with E-state index in [0.717, 1.165) is 24.8 Å². The third-order valence-electron chi connectivity index (χ3n) is 3.54. The maximum absolute atomic E-state index is 10.9. The summed E-state index contributed by atoms with van der Waals surface area (Å²) in [5, 5.41) is 13.3. The van der Waals surface area contributed by atoms with E-state index >= 15 is 0 Å². The number of carboxylic acids is 1. The second-order valence-corrected chi connectivity index (χ2v) is 5.01. The molecule has 4 heteroatoms. The van der Waals surface area contributed by atoms with Crippen molar-refractivity contribution >= 4 is 5.97 Å². The molecule has 0 saturated heterocycles. The first-order valence-electron chi connectivity index (χ1n) is 5.80. The van der Waals surface area contributed by atoms with Gasteiger partial charge in [0, 0.05) is 17.7 Å². The van der Waals surface area contributed by atoms with Crippen LogP contribution in [0, 0.1) is 0 Å². The molecule has 1 aromatic rings. The lowest BCUT2D eigenvalue weighted by atomic mass is 9.63. The Labute approximate surface area is 95.3 Å². The van der Waals surface area contributed by atoms with Crippen molar-refractivity contribution in [1.29, 1.82) is 0 Å². The zero-order chi connectivity index (χ0) is 11.8. The minimum atomic E-state index is -0.711. The van der Waals surface area contributed by atoms with Gasteiger partial charge in [-0.15, -0.1) is 0 Å². The fraction of sp³-hybridized carbons (Fsp3) is 0.667. The van der Waals surface area contributed by atoms with Crippen LogP contribution in [0.5, 0.6) is 0 Å². The zero-order valence-corrected chi connectivity index (χ0v) is 9.81. The Hall–Kier alpha value is -1.32. The summed E-state index contributed by atoms with van der Waals surface area (Å²) in [5.41, 5.74) is 0.953. The first-order valence-corrected chi connectivity index (χ1v) is 5.80. The molecule has 1 saturated carbocycles. The molecule has 0 amide bonds. The van der Waals surface area contributed by atoms with E-state index in [0.29, 0.717) is 6.04 Å². The predicted octanol–water partition coefficient (Wildman–Crippen LogP) is 2.36. The highest BCUT2D eigenvalue weighted by atomic mass is 16.4. The zero-order valence-electron chi connectivity index (χ0n) is 9.81. The number of carboxylic acid groups (broad SMARTS) is 1. The molecular formula is C12H18N2O2. The minimum Gasteiger partial charge on any atom is -0.481 e. The molecule has 1 heterocycles. The van der Waals surface area contributed by atoms with Gasteiger partial charge in [0.05, 0.1) is 12.6 Å². The standard InChI is InChI=1S/C12H18N2O2/c1-9(2)14-8-10(7-13-14)12(4-3-5-12)6-11(15)16/h7-9H,3-6H2,1-2H3,(H,15,16). The van der Waals surface area contributed by atoms with Crippen LogP contribution < -0.4 is 0 Å². The summed E-state index contributed by atoms with van der Waals surface area (Å²) < 4.78 is 1.90. The monoisotopic (exact) mass is 222 g/mol. The second kappa shape index (κ2) is 3.92. The van der Waals surface area contributed by atoms with Gasteiger partial charge in [-0.25, -0.2) is 0 Å². The van der Waals surface area contributed by atoms with Crippen LogP contribution in [-0.2, 0) is 10.2 Å². The van der Waals surface area contributed by atoms with E-state index in [-0.39, 0.29) is 11.8 Å². The Morgan fingerprint density at radius 2 is 2.31 bits per heavy atom. The summed E-state index contributed by atoms with van der Waals surface area (Å²) in [6.45, 7) is 4.14. The van der Waals surface area contributed by atoms with Gasteiger partial charge in [-0.05, 0) is 32.3 Å². The molecular weight excluding hydrogens is 204 g/mol. The molecule has 0 aliphatic heterocycles. The summed E-state index contributed by atoms with van der Waals surface area (Å²) >= 11 is 0. The molecule has 0 bridgehead atoms. The normalized spacial score (nSPS) is 18.4. The lowest BCUT2D eigenvalue weighted by Crippen LogP contribution is -2.36. The van der Waals surface area contributed by atoms with Gasteiger partial charge in [0.25, 0.3) is 0 Å². The Morgan fingerprint density at radius 1 is 1.62 bits per heavy atom. The van der Waals surface area contributed by atoms with Crippen molar-refractivity contribution in [1.82, 2.24) is 9.78 Å². The van der Waals surface area contributed by atoms with Crippen LogP contribution in [0.1, 0.15) is 51.1 Å². The topological polar surface area (TPSA) is 55.1 Å². The number of aromatic nitrogens is 2. The van der Waals surface area contributed by atoms with Crippen LogP contribution in [0.15, 0.2) is 12.4 Å². The molecule has 1 aliphatic rings. The van der Waals surface area contributed by atoms with Crippen LogP contribution in [-0.4, -0.2) is 20.9 Å². The molecule has 2 rings (SSSR count). The molecule has 0 atom stereocenters. The molecule has 1 N–H and O–H groups in total. The quantitative estimate of drug-likeness (QED) is 0.850. The Balaban J connectivity index is 2.23. The van der Waals surface area contributed by atoms with E-state index in [1.165, 1.54) is 0 Å². The summed E-state index contributed by atoms with van der Waals surface area (Å²) in [4.78, 5) is 10.9. The van der Waals surface area contributed by atoms with Crippen LogP contribution in [0.25, 0.3) is 0 Å². The van der Waals surface area contributed by atoms with Crippen molar-refractivity contribution in [2.24, 2.45) is 0 Å². The average Bonchev–Trinajstić information content (AvgIpc) is 2.59. The van der Waals surface area contributed by atoms with Crippen molar-refractivity contribution in [3.63, 3.8) is 0 Å². The van der Waals surface area contributed by atoms with Crippen molar-refractivity contribution in [3.05, 3.63) is 18.0 Å². The maximum atomic E-state index is 10.9. The summed E-state index contributed by atoms with van der Waals surface area (Å²) in [5.74, 6) is -0.711. The van der Waals surface area contributed by atoms with Crippen molar-refractivity contribution in [2.75, 3.05) is 0 Å². The smallest absolute Gasteiger partial charge is 0.304 e. The summed E-state index contributed by atoms with van der Waals surface area (Å²) in [6.07, 6.45) is 7.15. The highest BCUT2D eigenvalue weighted by Crippen LogP contribution is 2.46. The predicted molar refractivity (Wildman–Crippen MR) is 60.4 cm³/mol. The first-order chi connectivity index (χ1) is 7.53. The van der Waals surface area contributed by atoms with Gasteiger partial charge >= 0.3 is 5.97 Å². The molecule has 0 radical (unpaired) electrons. The molecule has 0 spiro atoms. The van der Waals surface area contributed by atoms with Crippen molar-refractivity contribution in [2.45, 2.75) is 51.0 Å². The molecule has 0 unspecified atom stereocenters. The first kappa shape index (κ1) is 11.2. The van der Waals surface area contributed by atoms with Crippen molar-refractivity contribution in [3.8, 4) is 0 Å². The number of aliphatic carboxylic acids is 1. The molecule has 0 aromatic carbocycles. The third-order valence-corrected chi connectivity index (χ3v) is 3.54. The van der Waals surface area contributed by atoms with E-state index < -0.39 is 5.97 Å². The molecule has 4 nitrogen and oxygen atoms in total. The van der Waals surface area contributed by atoms with E-state index in [1.807, 2.05) is 17.1 Å². The number of carbonyl (C=O) groups is 1. The Morgan fingerprint density at radius 3 is 2.69 bits per heavy atom. The Bertz CT molecular complexity index is 391. The van der Waals surface area contributed by atoms with Crippen LogP contribution in [0.4, 0.5) is 0 Å². The third kappa shape index (κ3) is 1.84. The van der Waals surface area contributed by atoms with E-state index in [4.69, 9.17) is 5.11 Å². The van der Waals surface area contributed by atoms with Crippen LogP contribution in [0.2, 0.25) is 0 Å². The summed E-state index contributed by atoms with van der Waals surface area (Å²) in [6, 6.07) is 0.329. The molecule has 1 aliphatic carbocycles. The minimum absolute atomic E-state index is 0.140. The Kier molecular flexibility index (Phi) is 2.74. The van der Waals surface area contributed by atoms with Gasteiger partial charge in [-0.2, -0.15) is 5.10 Å².